The van der Waals surface area contributed by atoms with E-state index in [1.807, 2.05) is 24.3 Å². The summed E-state index contributed by atoms with van der Waals surface area (Å²) in [6, 6.07) is 10.4. The molecular formula is C14H20N2O. The maximum Gasteiger partial charge on any atom is 0.0991 e. The second kappa shape index (κ2) is 7.05. The Kier molecular flexibility index (Phi) is 5.68. The Labute approximate surface area is 103 Å². The van der Waals surface area contributed by atoms with Crippen LogP contribution >= 0.6 is 0 Å². The molecule has 0 saturated heterocycles. The zero-order valence-electron chi connectivity index (χ0n) is 10.7. The molecule has 17 heavy (non-hydrogen) atoms. The summed E-state index contributed by atoms with van der Waals surface area (Å²) in [5.74, 6) is 0. The maximum atomic E-state index is 8.67. The number of ether oxygens (including phenoxy) is 1. The van der Waals surface area contributed by atoms with Crippen molar-refractivity contribution >= 4 is 0 Å². The standard InChI is InChI=1S/C14H20N2O/c1-11(2)16-12(3)9-17-10-14-6-4-13(8-15)5-7-14/h4-7,11-12,16H,9-10H2,1-3H3/t12-/m0/s1. The van der Waals surface area contributed by atoms with Gasteiger partial charge in [-0.3, -0.25) is 0 Å². The number of hydrogen-bond donors (Lipinski definition) is 1. The summed E-state index contributed by atoms with van der Waals surface area (Å²) >= 11 is 0. The molecule has 0 radical (unpaired) electrons. The Balaban J connectivity index is 2.28. The van der Waals surface area contributed by atoms with Crippen molar-refractivity contribution in [1.82, 2.24) is 5.32 Å². The summed E-state index contributed by atoms with van der Waals surface area (Å²) < 4.78 is 5.61. The van der Waals surface area contributed by atoms with Gasteiger partial charge in [-0.25, -0.2) is 0 Å². The minimum Gasteiger partial charge on any atom is -0.375 e. The zero-order valence-corrected chi connectivity index (χ0v) is 10.7. The van der Waals surface area contributed by atoms with Gasteiger partial charge >= 0.3 is 0 Å². The summed E-state index contributed by atoms with van der Waals surface area (Å²) in [6.45, 7) is 7.64. The summed E-state index contributed by atoms with van der Waals surface area (Å²) in [6.07, 6.45) is 0. The molecule has 0 aliphatic carbocycles. The highest BCUT2D eigenvalue weighted by atomic mass is 16.5. The molecule has 92 valence electrons. The third-order valence-electron chi connectivity index (χ3n) is 2.34. The Morgan fingerprint density at radius 1 is 1.24 bits per heavy atom. The quantitative estimate of drug-likeness (QED) is 0.819. The van der Waals surface area contributed by atoms with Crippen molar-refractivity contribution in [3.63, 3.8) is 0 Å². The van der Waals surface area contributed by atoms with Gasteiger partial charge in [-0.05, 0) is 24.6 Å². The molecule has 0 amide bonds. The van der Waals surface area contributed by atoms with Crippen LogP contribution in [0.2, 0.25) is 0 Å². The number of nitriles is 1. The lowest BCUT2D eigenvalue weighted by Crippen LogP contribution is -2.35. The molecule has 0 spiro atoms. The molecule has 0 fully saturated rings. The van der Waals surface area contributed by atoms with E-state index in [0.717, 1.165) is 5.56 Å². The molecule has 1 atom stereocenters. The SMILES string of the molecule is CC(C)N[C@@H](C)COCc1ccc(C#N)cc1. The smallest absolute Gasteiger partial charge is 0.0991 e. The van der Waals surface area contributed by atoms with Crippen LogP contribution in [-0.2, 0) is 11.3 Å². The van der Waals surface area contributed by atoms with Crippen molar-refractivity contribution in [2.75, 3.05) is 6.61 Å². The largest absolute Gasteiger partial charge is 0.375 e. The molecule has 0 heterocycles. The molecule has 1 rings (SSSR count). The van der Waals surface area contributed by atoms with Crippen molar-refractivity contribution in [3.8, 4) is 6.07 Å². The number of rotatable bonds is 6. The average Bonchev–Trinajstić information content (AvgIpc) is 2.29. The highest BCUT2D eigenvalue weighted by molar-refractivity contribution is 5.31. The average molecular weight is 232 g/mol. The van der Waals surface area contributed by atoms with Crippen molar-refractivity contribution in [1.29, 1.82) is 5.26 Å². The molecule has 1 N–H and O–H groups in total. The molecule has 0 unspecified atom stereocenters. The van der Waals surface area contributed by atoms with E-state index in [1.165, 1.54) is 0 Å². The van der Waals surface area contributed by atoms with Gasteiger partial charge in [0.15, 0.2) is 0 Å². The molecule has 0 aromatic heterocycles. The Bertz CT molecular complexity index is 365. The van der Waals surface area contributed by atoms with Crippen LogP contribution in [0, 0.1) is 11.3 Å². The normalized spacial score (nSPS) is 12.4. The lowest BCUT2D eigenvalue weighted by Gasteiger charge is -2.16. The first-order valence-corrected chi connectivity index (χ1v) is 5.94. The Morgan fingerprint density at radius 3 is 2.41 bits per heavy atom. The Morgan fingerprint density at radius 2 is 1.88 bits per heavy atom. The van der Waals surface area contributed by atoms with Gasteiger partial charge in [0.2, 0.25) is 0 Å². The summed E-state index contributed by atoms with van der Waals surface area (Å²) in [7, 11) is 0. The van der Waals surface area contributed by atoms with E-state index in [2.05, 4.69) is 32.2 Å². The van der Waals surface area contributed by atoms with E-state index in [9.17, 15) is 0 Å². The number of nitrogens with one attached hydrogen (secondary N) is 1. The predicted molar refractivity (Wildman–Crippen MR) is 68.5 cm³/mol. The number of benzene rings is 1. The van der Waals surface area contributed by atoms with Gasteiger partial charge in [0, 0.05) is 12.1 Å². The van der Waals surface area contributed by atoms with Crippen molar-refractivity contribution in [3.05, 3.63) is 35.4 Å². The van der Waals surface area contributed by atoms with Crippen LogP contribution in [-0.4, -0.2) is 18.7 Å². The minimum absolute atomic E-state index is 0.355. The fourth-order valence-electron chi connectivity index (χ4n) is 1.65. The van der Waals surface area contributed by atoms with E-state index in [0.29, 0.717) is 30.9 Å². The lowest BCUT2D eigenvalue weighted by atomic mass is 10.2. The van der Waals surface area contributed by atoms with Gasteiger partial charge in [-0.1, -0.05) is 26.0 Å². The molecule has 1 aromatic carbocycles. The fourth-order valence-corrected chi connectivity index (χ4v) is 1.65. The monoisotopic (exact) mass is 232 g/mol. The van der Waals surface area contributed by atoms with Crippen molar-refractivity contribution in [2.24, 2.45) is 0 Å². The number of hydrogen-bond acceptors (Lipinski definition) is 3. The molecule has 0 saturated carbocycles. The molecule has 3 nitrogen and oxygen atoms in total. The third kappa shape index (κ3) is 5.48. The molecule has 0 aliphatic rings. The van der Waals surface area contributed by atoms with E-state index in [-0.39, 0.29) is 0 Å². The maximum absolute atomic E-state index is 8.67. The first kappa shape index (κ1) is 13.7. The molecule has 0 aliphatic heterocycles. The van der Waals surface area contributed by atoms with Crippen LogP contribution in [0.5, 0.6) is 0 Å². The van der Waals surface area contributed by atoms with E-state index >= 15 is 0 Å². The molecule has 0 bridgehead atoms. The van der Waals surface area contributed by atoms with Crippen LogP contribution < -0.4 is 5.32 Å². The molecule has 3 heteroatoms. The lowest BCUT2D eigenvalue weighted by molar-refractivity contribution is 0.101. The van der Waals surface area contributed by atoms with E-state index < -0.39 is 0 Å². The van der Waals surface area contributed by atoms with Gasteiger partial charge in [0.25, 0.3) is 0 Å². The topological polar surface area (TPSA) is 45.0 Å². The highest BCUT2D eigenvalue weighted by Crippen LogP contribution is 2.05. The van der Waals surface area contributed by atoms with E-state index in [1.54, 1.807) is 0 Å². The fraction of sp³-hybridized carbons (Fsp3) is 0.500. The summed E-state index contributed by atoms with van der Waals surface area (Å²) in [4.78, 5) is 0. The molecule has 1 aromatic rings. The number of nitrogens with zero attached hydrogens (tertiary/aromatic N) is 1. The van der Waals surface area contributed by atoms with Crippen LogP contribution in [0.15, 0.2) is 24.3 Å². The van der Waals surface area contributed by atoms with Gasteiger partial charge in [-0.2, -0.15) is 5.26 Å². The predicted octanol–water partition coefficient (Wildman–Crippen LogP) is 2.46. The van der Waals surface area contributed by atoms with Crippen LogP contribution in [0.4, 0.5) is 0 Å². The Hall–Kier alpha value is -1.37. The summed E-state index contributed by atoms with van der Waals surface area (Å²) in [5.41, 5.74) is 1.78. The van der Waals surface area contributed by atoms with Gasteiger partial charge < -0.3 is 10.1 Å². The summed E-state index contributed by atoms with van der Waals surface area (Å²) in [5, 5.41) is 12.1. The van der Waals surface area contributed by atoms with Crippen LogP contribution in [0.1, 0.15) is 31.9 Å². The van der Waals surface area contributed by atoms with E-state index in [4.69, 9.17) is 10.00 Å². The van der Waals surface area contributed by atoms with Gasteiger partial charge in [0.05, 0.1) is 24.8 Å². The van der Waals surface area contributed by atoms with Crippen molar-refractivity contribution < 1.29 is 4.74 Å². The van der Waals surface area contributed by atoms with Crippen LogP contribution in [0.25, 0.3) is 0 Å². The van der Waals surface area contributed by atoms with Gasteiger partial charge in [-0.15, -0.1) is 0 Å². The third-order valence-corrected chi connectivity index (χ3v) is 2.34. The molecular weight excluding hydrogens is 212 g/mol. The highest BCUT2D eigenvalue weighted by Gasteiger charge is 2.03. The first-order chi connectivity index (χ1) is 8.11. The van der Waals surface area contributed by atoms with Gasteiger partial charge in [0.1, 0.15) is 0 Å². The second-order valence-corrected chi connectivity index (χ2v) is 4.55. The van der Waals surface area contributed by atoms with Crippen molar-refractivity contribution in [2.45, 2.75) is 39.5 Å². The zero-order chi connectivity index (χ0) is 12.7. The second-order valence-electron chi connectivity index (χ2n) is 4.55. The van der Waals surface area contributed by atoms with Crippen LogP contribution in [0.3, 0.4) is 0 Å². The first-order valence-electron chi connectivity index (χ1n) is 5.94. The minimum atomic E-state index is 0.355.